The van der Waals surface area contributed by atoms with Crippen molar-refractivity contribution in [2.24, 2.45) is 0 Å². The number of H-pyrrole nitrogens is 1. The monoisotopic (exact) mass is 550 g/mol. The van der Waals surface area contributed by atoms with Gasteiger partial charge in [0.15, 0.2) is 0 Å². The number of hydrogen-bond acceptors (Lipinski definition) is 8. The van der Waals surface area contributed by atoms with Crippen molar-refractivity contribution < 1.29 is 28.0 Å². The van der Waals surface area contributed by atoms with Crippen LogP contribution in [0.25, 0.3) is 0 Å². The molecule has 0 spiro atoms. The van der Waals surface area contributed by atoms with E-state index in [1.807, 2.05) is 20.8 Å². The molecule has 2 heterocycles. The van der Waals surface area contributed by atoms with Crippen LogP contribution in [-0.2, 0) is 24.4 Å². The molecule has 3 atom stereocenters. The molecular weight excluding hydrogens is 512 g/mol. The number of amides is 1. The number of hydrogen-bond donors (Lipinski definition) is 6. The van der Waals surface area contributed by atoms with Gasteiger partial charge >= 0.3 is 5.97 Å². The van der Waals surface area contributed by atoms with E-state index in [9.17, 15) is 23.1 Å². The highest BCUT2D eigenvalue weighted by Crippen LogP contribution is 2.22. The Morgan fingerprint density at radius 1 is 1.18 bits per heavy atom. The van der Waals surface area contributed by atoms with Crippen LogP contribution in [0.15, 0.2) is 17.0 Å². The zero-order chi connectivity index (χ0) is 28.0. The number of aryl methyl sites for hydroxylation is 5. The number of carbonyl (C=O) groups excluding carboxylic acids is 1. The molecule has 1 aliphatic rings. The second kappa shape index (κ2) is 12.7. The minimum Gasteiger partial charge on any atom is -0.480 e. The Hall–Kier alpha value is -3.00. The Labute approximate surface area is 223 Å². The normalized spacial score (nSPS) is 18.3. The Morgan fingerprint density at radius 3 is 2.47 bits per heavy atom. The standard InChI is InChI=1S/C25H38N6O6S/c1-14-9-15(2)23(16(3)10-14)38(35,36)31-21(24(33)34)13-27-22(32)12-20-11-19(30-37-20)7-6-8-26-25-28-17(4)18(5)29-25/h9-10,19-21,30-31H,6-8,11-13H2,1-5H3,(H,27,32)(H,33,34)(H2,26,28,29). The quantitative estimate of drug-likeness (QED) is 0.203. The minimum absolute atomic E-state index is 0.0297. The van der Waals surface area contributed by atoms with Gasteiger partial charge in [0.1, 0.15) is 6.04 Å². The second-order valence-corrected chi connectivity index (χ2v) is 11.6. The van der Waals surface area contributed by atoms with E-state index in [4.69, 9.17) is 4.84 Å². The first kappa shape index (κ1) is 29.6. The first-order valence-corrected chi connectivity index (χ1v) is 14.1. The van der Waals surface area contributed by atoms with E-state index < -0.39 is 34.5 Å². The van der Waals surface area contributed by atoms with Gasteiger partial charge in [0, 0.05) is 24.8 Å². The molecule has 0 saturated carbocycles. The number of aromatic amines is 1. The summed E-state index contributed by atoms with van der Waals surface area (Å²) in [7, 11) is -4.12. The minimum atomic E-state index is -4.12. The van der Waals surface area contributed by atoms with E-state index in [1.165, 1.54) is 0 Å². The summed E-state index contributed by atoms with van der Waals surface area (Å²) in [6, 6.07) is 2.02. The third-order valence-corrected chi connectivity index (χ3v) is 8.26. The van der Waals surface area contributed by atoms with Crippen LogP contribution in [0.5, 0.6) is 0 Å². The SMILES string of the molecule is Cc1cc(C)c(S(=O)(=O)NC(CNC(=O)CC2CC(CCCNc3nc(C)c(C)[nH]3)NO2)C(=O)O)c(C)c1. The van der Waals surface area contributed by atoms with E-state index in [0.29, 0.717) is 17.5 Å². The maximum Gasteiger partial charge on any atom is 0.323 e. The Morgan fingerprint density at radius 2 is 1.87 bits per heavy atom. The van der Waals surface area contributed by atoms with Gasteiger partial charge in [-0.2, -0.15) is 10.2 Å². The van der Waals surface area contributed by atoms with Crippen LogP contribution in [0.1, 0.15) is 53.8 Å². The van der Waals surface area contributed by atoms with Gasteiger partial charge in [0.25, 0.3) is 0 Å². The first-order valence-electron chi connectivity index (χ1n) is 12.6. The van der Waals surface area contributed by atoms with Crippen LogP contribution >= 0.6 is 0 Å². The van der Waals surface area contributed by atoms with Crippen molar-refractivity contribution in [1.29, 1.82) is 0 Å². The molecule has 1 amide bonds. The average Bonchev–Trinajstić information content (AvgIpc) is 3.38. The molecule has 0 bridgehead atoms. The van der Waals surface area contributed by atoms with Crippen molar-refractivity contribution in [1.82, 2.24) is 25.5 Å². The van der Waals surface area contributed by atoms with Gasteiger partial charge in [-0.05, 0) is 65.0 Å². The lowest BCUT2D eigenvalue weighted by molar-refractivity contribution is -0.139. The van der Waals surface area contributed by atoms with Crippen LogP contribution in [0.4, 0.5) is 5.95 Å². The Kier molecular flexibility index (Phi) is 9.88. The molecule has 1 aromatic carbocycles. The lowest BCUT2D eigenvalue weighted by Crippen LogP contribution is -2.48. The number of imidazole rings is 1. The predicted octanol–water partition coefficient (Wildman–Crippen LogP) is 1.74. The highest BCUT2D eigenvalue weighted by atomic mass is 32.2. The smallest absolute Gasteiger partial charge is 0.323 e. The molecule has 0 radical (unpaired) electrons. The van der Waals surface area contributed by atoms with Crippen molar-refractivity contribution in [3.05, 3.63) is 40.2 Å². The Bertz CT molecular complexity index is 1220. The van der Waals surface area contributed by atoms with Crippen molar-refractivity contribution in [2.45, 2.75) is 83.4 Å². The number of aromatic nitrogens is 2. The molecular formula is C25H38N6O6S. The molecule has 1 saturated heterocycles. The van der Waals surface area contributed by atoms with Gasteiger partial charge in [-0.1, -0.05) is 17.7 Å². The van der Waals surface area contributed by atoms with Crippen LogP contribution in [-0.4, -0.2) is 66.6 Å². The molecule has 210 valence electrons. The number of aliphatic carboxylic acids is 1. The fourth-order valence-corrected chi connectivity index (χ4v) is 6.25. The molecule has 6 N–H and O–H groups in total. The first-order chi connectivity index (χ1) is 17.9. The fraction of sp³-hybridized carbons (Fsp3) is 0.560. The van der Waals surface area contributed by atoms with Crippen molar-refractivity contribution in [3.8, 4) is 0 Å². The number of anilines is 1. The van der Waals surface area contributed by atoms with Crippen molar-refractivity contribution >= 4 is 27.8 Å². The van der Waals surface area contributed by atoms with Gasteiger partial charge in [-0.3, -0.25) is 14.4 Å². The molecule has 1 fully saturated rings. The lowest BCUT2D eigenvalue weighted by atomic mass is 10.0. The average molecular weight is 551 g/mol. The van der Waals surface area contributed by atoms with Crippen LogP contribution in [0, 0.1) is 34.6 Å². The molecule has 1 aliphatic heterocycles. The molecule has 3 unspecified atom stereocenters. The zero-order valence-electron chi connectivity index (χ0n) is 22.5. The number of carboxylic acid groups (broad SMARTS) is 1. The van der Waals surface area contributed by atoms with Gasteiger partial charge in [0.05, 0.1) is 23.1 Å². The maximum atomic E-state index is 12.9. The largest absolute Gasteiger partial charge is 0.480 e. The highest BCUT2D eigenvalue weighted by molar-refractivity contribution is 7.89. The summed E-state index contributed by atoms with van der Waals surface area (Å²) in [6.07, 6.45) is 2.01. The summed E-state index contributed by atoms with van der Waals surface area (Å²) in [5.41, 5.74) is 6.89. The number of carboxylic acids is 1. The number of nitrogens with zero attached hydrogens (tertiary/aromatic N) is 1. The second-order valence-electron chi connectivity index (χ2n) is 9.90. The van der Waals surface area contributed by atoms with Crippen LogP contribution in [0.2, 0.25) is 0 Å². The summed E-state index contributed by atoms with van der Waals surface area (Å²) >= 11 is 0. The number of nitrogens with one attached hydrogen (secondary N) is 5. The molecule has 12 nitrogen and oxygen atoms in total. The molecule has 13 heteroatoms. The highest BCUT2D eigenvalue weighted by Gasteiger charge is 2.30. The van der Waals surface area contributed by atoms with Gasteiger partial charge < -0.3 is 20.7 Å². The fourth-order valence-electron chi connectivity index (χ4n) is 4.61. The van der Waals surface area contributed by atoms with E-state index in [1.54, 1.807) is 26.0 Å². The molecule has 38 heavy (non-hydrogen) atoms. The molecule has 3 rings (SSSR count). The summed E-state index contributed by atoms with van der Waals surface area (Å²) in [5.74, 6) is -1.06. The lowest BCUT2D eigenvalue weighted by Gasteiger charge is -2.18. The molecule has 2 aromatic rings. The van der Waals surface area contributed by atoms with E-state index in [-0.39, 0.29) is 23.5 Å². The van der Waals surface area contributed by atoms with Crippen LogP contribution < -0.4 is 20.8 Å². The number of rotatable bonds is 13. The van der Waals surface area contributed by atoms with E-state index in [0.717, 1.165) is 42.3 Å². The number of sulfonamides is 1. The molecule has 1 aromatic heterocycles. The number of benzene rings is 1. The zero-order valence-corrected chi connectivity index (χ0v) is 23.3. The summed E-state index contributed by atoms with van der Waals surface area (Å²) < 4.78 is 28.1. The summed E-state index contributed by atoms with van der Waals surface area (Å²) in [5, 5.41) is 15.3. The maximum absolute atomic E-state index is 12.9. The van der Waals surface area contributed by atoms with Gasteiger partial charge in [-0.15, -0.1) is 0 Å². The van der Waals surface area contributed by atoms with E-state index >= 15 is 0 Å². The topological polar surface area (TPSA) is 175 Å². The number of hydroxylamine groups is 1. The Balaban J connectivity index is 1.42. The van der Waals surface area contributed by atoms with Crippen molar-refractivity contribution in [3.63, 3.8) is 0 Å². The third-order valence-electron chi connectivity index (χ3n) is 6.48. The van der Waals surface area contributed by atoms with Crippen molar-refractivity contribution in [2.75, 3.05) is 18.4 Å². The molecule has 0 aliphatic carbocycles. The third kappa shape index (κ3) is 8.00. The summed E-state index contributed by atoms with van der Waals surface area (Å²) in [4.78, 5) is 37.3. The van der Waals surface area contributed by atoms with Crippen LogP contribution in [0.3, 0.4) is 0 Å². The number of carbonyl (C=O) groups is 2. The predicted molar refractivity (Wildman–Crippen MR) is 142 cm³/mol. The van der Waals surface area contributed by atoms with Gasteiger partial charge in [-0.25, -0.2) is 13.4 Å². The van der Waals surface area contributed by atoms with Gasteiger partial charge in [0.2, 0.25) is 21.9 Å². The van der Waals surface area contributed by atoms with E-state index in [2.05, 4.69) is 30.8 Å². The summed E-state index contributed by atoms with van der Waals surface area (Å²) in [6.45, 7) is 9.44.